The highest BCUT2D eigenvalue weighted by atomic mass is 79.9. The second-order valence-corrected chi connectivity index (χ2v) is 6.27. The van der Waals surface area contributed by atoms with Gasteiger partial charge in [0, 0.05) is 36.0 Å². The molecule has 0 fully saturated rings. The summed E-state index contributed by atoms with van der Waals surface area (Å²) in [5.41, 5.74) is 8.42. The van der Waals surface area contributed by atoms with E-state index in [4.69, 9.17) is 17.3 Å². The van der Waals surface area contributed by atoms with Crippen LogP contribution in [-0.4, -0.2) is 30.0 Å². The Labute approximate surface area is 139 Å². The van der Waals surface area contributed by atoms with E-state index in [0.717, 1.165) is 17.4 Å². The Hall–Kier alpha value is -0.940. The number of aromatic nitrogens is 1. The van der Waals surface area contributed by atoms with Crippen LogP contribution in [0, 0.1) is 0 Å². The third-order valence-electron chi connectivity index (χ3n) is 3.59. The molecule has 2 N–H and O–H groups in total. The van der Waals surface area contributed by atoms with Crippen LogP contribution in [0.25, 0.3) is 0 Å². The molecule has 1 heterocycles. The summed E-state index contributed by atoms with van der Waals surface area (Å²) in [6, 6.07) is 10.3. The Balaban J connectivity index is 2.04. The fraction of sp³-hybridized carbons (Fsp3) is 0.312. The maximum Gasteiger partial charge on any atom is 0.0548 e. The first-order valence-corrected chi connectivity index (χ1v) is 8.03. The molecule has 0 aliphatic rings. The van der Waals surface area contributed by atoms with Gasteiger partial charge in [0.2, 0.25) is 0 Å². The first-order chi connectivity index (χ1) is 10.1. The van der Waals surface area contributed by atoms with Gasteiger partial charge in [-0.2, -0.15) is 0 Å². The average molecular weight is 369 g/mol. The molecule has 0 aliphatic carbocycles. The van der Waals surface area contributed by atoms with Crippen LogP contribution in [0.3, 0.4) is 0 Å². The van der Waals surface area contributed by atoms with Crippen molar-refractivity contribution in [2.45, 2.75) is 12.5 Å². The predicted octanol–water partition coefficient (Wildman–Crippen LogP) is 3.67. The van der Waals surface area contributed by atoms with Crippen molar-refractivity contribution in [1.29, 1.82) is 0 Å². The van der Waals surface area contributed by atoms with Crippen LogP contribution in [0.1, 0.15) is 17.2 Å². The van der Waals surface area contributed by atoms with Crippen LogP contribution in [-0.2, 0) is 6.42 Å². The molecule has 3 nitrogen and oxygen atoms in total. The molecule has 2 aromatic rings. The van der Waals surface area contributed by atoms with E-state index in [1.54, 1.807) is 0 Å². The van der Waals surface area contributed by atoms with Crippen molar-refractivity contribution in [3.63, 3.8) is 0 Å². The second-order valence-electron chi connectivity index (χ2n) is 5.01. The van der Waals surface area contributed by atoms with E-state index >= 15 is 0 Å². The Bertz CT molecular complexity index is 577. The molecular formula is C16H19BrClN3. The van der Waals surface area contributed by atoms with Crippen LogP contribution >= 0.6 is 27.5 Å². The Morgan fingerprint density at radius 3 is 2.62 bits per heavy atom. The monoisotopic (exact) mass is 367 g/mol. The molecule has 0 saturated carbocycles. The Morgan fingerprint density at radius 1 is 1.29 bits per heavy atom. The lowest BCUT2D eigenvalue weighted by Gasteiger charge is -2.27. The molecule has 1 atom stereocenters. The van der Waals surface area contributed by atoms with Gasteiger partial charge in [0.25, 0.3) is 0 Å². The smallest absolute Gasteiger partial charge is 0.0548 e. The predicted molar refractivity (Wildman–Crippen MR) is 91.5 cm³/mol. The molecule has 0 spiro atoms. The average Bonchev–Trinajstić information content (AvgIpc) is 2.50. The number of pyridine rings is 1. The number of likely N-dealkylation sites (N-methyl/N-ethyl adjacent to an activating group) is 1. The zero-order chi connectivity index (χ0) is 15.2. The summed E-state index contributed by atoms with van der Waals surface area (Å²) < 4.78 is 0.905. The number of nitrogens with two attached hydrogens (primary N) is 1. The molecule has 2 rings (SSSR count). The molecule has 1 unspecified atom stereocenters. The third-order valence-corrected chi connectivity index (χ3v) is 4.80. The normalized spacial score (nSPS) is 12.6. The highest BCUT2D eigenvalue weighted by molar-refractivity contribution is 9.10. The number of rotatable bonds is 6. The molecule has 5 heteroatoms. The molecule has 112 valence electrons. The summed E-state index contributed by atoms with van der Waals surface area (Å²) in [6.45, 7) is 1.51. The van der Waals surface area contributed by atoms with E-state index in [0.29, 0.717) is 11.6 Å². The third kappa shape index (κ3) is 4.51. The van der Waals surface area contributed by atoms with Gasteiger partial charge in [-0.15, -0.1) is 0 Å². The van der Waals surface area contributed by atoms with Crippen LogP contribution in [0.2, 0.25) is 5.02 Å². The summed E-state index contributed by atoms with van der Waals surface area (Å²) in [7, 11) is 2.10. The van der Waals surface area contributed by atoms with Crippen molar-refractivity contribution in [2.75, 3.05) is 20.1 Å². The maximum atomic E-state index is 6.05. The highest BCUT2D eigenvalue weighted by Gasteiger charge is 2.16. The van der Waals surface area contributed by atoms with E-state index in [-0.39, 0.29) is 6.04 Å². The van der Waals surface area contributed by atoms with Crippen LogP contribution in [0.15, 0.2) is 47.2 Å². The van der Waals surface area contributed by atoms with Gasteiger partial charge < -0.3 is 5.73 Å². The van der Waals surface area contributed by atoms with Crippen molar-refractivity contribution in [1.82, 2.24) is 9.88 Å². The minimum absolute atomic E-state index is 0.181. The summed E-state index contributed by atoms with van der Waals surface area (Å²) in [4.78, 5) is 6.31. The number of nitrogens with zero attached hydrogens (tertiary/aromatic N) is 2. The minimum Gasteiger partial charge on any atom is -0.329 e. The second kappa shape index (κ2) is 7.90. The van der Waals surface area contributed by atoms with Gasteiger partial charge in [0.1, 0.15) is 0 Å². The Kier molecular flexibility index (Phi) is 6.18. The van der Waals surface area contributed by atoms with Crippen LogP contribution in [0.5, 0.6) is 0 Å². The van der Waals surface area contributed by atoms with Crippen molar-refractivity contribution in [3.8, 4) is 0 Å². The van der Waals surface area contributed by atoms with Crippen LogP contribution in [0.4, 0.5) is 0 Å². The Morgan fingerprint density at radius 2 is 2.00 bits per heavy atom. The van der Waals surface area contributed by atoms with Gasteiger partial charge in [0.05, 0.1) is 5.02 Å². The molecule has 21 heavy (non-hydrogen) atoms. The molecular weight excluding hydrogens is 350 g/mol. The summed E-state index contributed by atoms with van der Waals surface area (Å²) in [6.07, 6.45) is 4.63. The van der Waals surface area contributed by atoms with Crippen molar-refractivity contribution >= 4 is 27.5 Å². The molecule has 0 bridgehead atoms. The zero-order valence-electron chi connectivity index (χ0n) is 12.0. The fourth-order valence-electron chi connectivity index (χ4n) is 2.30. The highest BCUT2D eigenvalue weighted by Crippen LogP contribution is 2.27. The van der Waals surface area contributed by atoms with Gasteiger partial charge in [-0.1, -0.05) is 17.7 Å². The summed E-state index contributed by atoms with van der Waals surface area (Å²) in [5, 5.41) is 0.717. The molecule has 0 aliphatic heterocycles. The van der Waals surface area contributed by atoms with Gasteiger partial charge in [-0.25, -0.2) is 0 Å². The van der Waals surface area contributed by atoms with Crippen LogP contribution < -0.4 is 5.73 Å². The first kappa shape index (κ1) is 16.4. The minimum atomic E-state index is 0.181. The topological polar surface area (TPSA) is 42.2 Å². The van der Waals surface area contributed by atoms with Crippen molar-refractivity contribution in [3.05, 3.63) is 63.3 Å². The SMILES string of the molecule is CN(CCc1ccncc1)C(CN)c1ccc(Cl)c(Br)c1. The standard InChI is InChI=1S/C16H19BrClN3/c1-21(9-6-12-4-7-20-8-5-12)16(11-19)13-2-3-15(18)14(17)10-13/h2-5,7-8,10,16H,6,9,11,19H2,1H3. The molecule has 0 amide bonds. The lowest BCUT2D eigenvalue weighted by Crippen LogP contribution is -2.32. The van der Waals surface area contributed by atoms with Gasteiger partial charge in [-0.3, -0.25) is 9.88 Å². The lowest BCUT2D eigenvalue weighted by atomic mass is 10.1. The van der Waals surface area contributed by atoms with Crippen molar-refractivity contribution in [2.24, 2.45) is 5.73 Å². The molecule has 0 radical (unpaired) electrons. The quantitative estimate of drug-likeness (QED) is 0.846. The van der Waals surface area contributed by atoms with E-state index in [1.807, 2.05) is 42.7 Å². The number of hydrogen-bond donors (Lipinski definition) is 1. The molecule has 0 saturated heterocycles. The van der Waals surface area contributed by atoms with Gasteiger partial charge in [-0.05, 0) is 64.8 Å². The van der Waals surface area contributed by atoms with Gasteiger partial charge in [0.15, 0.2) is 0 Å². The summed E-state index contributed by atoms with van der Waals surface area (Å²) >= 11 is 9.52. The zero-order valence-corrected chi connectivity index (χ0v) is 14.3. The fourth-order valence-corrected chi connectivity index (χ4v) is 2.81. The first-order valence-electron chi connectivity index (χ1n) is 6.86. The largest absolute Gasteiger partial charge is 0.329 e. The van der Waals surface area contributed by atoms with E-state index in [1.165, 1.54) is 11.1 Å². The summed E-state index contributed by atoms with van der Waals surface area (Å²) in [5.74, 6) is 0. The maximum absolute atomic E-state index is 6.05. The molecule has 1 aromatic heterocycles. The molecule has 1 aromatic carbocycles. The number of hydrogen-bond acceptors (Lipinski definition) is 3. The lowest BCUT2D eigenvalue weighted by molar-refractivity contribution is 0.253. The van der Waals surface area contributed by atoms with Crippen molar-refractivity contribution < 1.29 is 0 Å². The number of benzene rings is 1. The van der Waals surface area contributed by atoms with E-state index in [9.17, 15) is 0 Å². The number of halogens is 2. The van der Waals surface area contributed by atoms with E-state index < -0.39 is 0 Å². The van der Waals surface area contributed by atoms with E-state index in [2.05, 4.69) is 32.9 Å². The van der Waals surface area contributed by atoms with Gasteiger partial charge >= 0.3 is 0 Å².